The van der Waals surface area contributed by atoms with Gasteiger partial charge in [-0.15, -0.1) is 11.6 Å². The van der Waals surface area contributed by atoms with Crippen molar-refractivity contribution in [2.24, 2.45) is 0 Å². The van der Waals surface area contributed by atoms with Crippen LogP contribution in [0.4, 0.5) is 10.5 Å². The van der Waals surface area contributed by atoms with Gasteiger partial charge in [-0.25, -0.2) is 4.79 Å². The van der Waals surface area contributed by atoms with Crippen molar-refractivity contribution in [1.82, 2.24) is 10.2 Å². The minimum Gasteiger partial charge on any atom is -0.449 e. The molecule has 5 nitrogen and oxygen atoms in total. The number of alkyl halides is 1. The van der Waals surface area contributed by atoms with Gasteiger partial charge in [0.1, 0.15) is 4.87 Å². The Morgan fingerprint density at radius 1 is 1.42 bits per heavy atom. The lowest BCUT2D eigenvalue weighted by atomic mass is 9.78. The summed E-state index contributed by atoms with van der Waals surface area (Å²) in [5.41, 5.74) is 4.28. The number of hydrogen-bond acceptors (Lipinski definition) is 4. The number of carbonyl (C=O) groups is 1. The van der Waals surface area contributed by atoms with E-state index in [-0.39, 0.29) is 12.1 Å². The van der Waals surface area contributed by atoms with E-state index in [0.717, 1.165) is 36.2 Å². The molecule has 3 rings (SSSR count). The van der Waals surface area contributed by atoms with Crippen LogP contribution in [0.3, 0.4) is 0 Å². The lowest BCUT2D eigenvalue weighted by molar-refractivity contribution is 0.0689. The third kappa shape index (κ3) is 3.30. The van der Waals surface area contributed by atoms with E-state index in [0.29, 0.717) is 19.7 Å². The lowest BCUT2D eigenvalue weighted by Gasteiger charge is -2.47. The highest BCUT2D eigenvalue weighted by molar-refractivity contribution is 6.27. The van der Waals surface area contributed by atoms with E-state index in [1.807, 2.05) is 13.1 Å². The predicted octanol–water partition coefficient (Wildman–Crippen LogP) is 3.97. The number of aryl methyl sites for hydroxylation is 1. The number of halogens is 1. The number of benzene rings is 1. The quantitative estimate of drug-likeness (QED) is 0.779. The van der Waals surface area contributed by atoms with Crippen molar-refractivity contribution in [2.75, 3.05) is 31.6 Å². The van der Waals surface area contributed by atoms with E-state index in [9.17, 15) is 4.79 Å². The topological polar surface area (TPSA) is 53.6 Å². The number of rotatable bonds is 4. The van der Waals surface area contributed by atoms with Crippen molar-refractivity contribution in [2.45, 2.75) is 44.5 Å². The molecule has 142 valence electrons. The number of amides is 1. The van der Waals surface area contributed by atoms with Gasteiger partial charge in [0.2, 0.25) is 0 Å². The summed E-state index contributed by atoms with van der Waals surface area (Å²) in [6.07, 6.45) is 3.33. The molecule has 2 atom stereocenters. The van der Waals surface area contributed by atoms with Crippen molar-refractivity contribution in [3.63, 3.8) is 0 Å². The Morgan fingerprint density at radius 3 is 2.96 bits per heavy atom. The van der Waals surface area contributed by atoms with Gasteiger partial charge in [-0.05, 0) is 37.0 Å². The van der Waals surface area contributed by atoms with Gasteiger partial charge in [0.25, 0.3) is 0 Å². The average Bonchev–Trinajstić information content (AvgIpc) is 2.66. The molecule has 1 aromatic carbocycles. The monoisotopic (exact) mass is 377 g/mol. The van der Waals surface area contributed by atoms with Crippen molar-refractivity contribution < 1.29 is 9.53 Å². The Bertz CT molecular complexity index is 706. The first kappa shape index (κ1) is 19.1. The van der Waals surface area contributed by atoms with Crippen molar-refractivity contribution in [3.8, 4) is 0 Å². The van der Waals surface area contributed by atoms with Gasteiger partial charge in [-0.2, -0.15) is 0 Å². The van der Waals surface area contributed by atoms with Crippen LogP contribution in [-0.4, -0.2) is 43.3 Å². The van der Waals surface area contributed by atoms with E-state index >= 15 is 0 Å². The van der Waals surface area contributed by atoms with Crippen LogP contribution >= 0.6 is 11.6 Å². The van der Waals surface area contributed by atoms with Crippen LogP contribution in [0.2, 0.25) is 0 Å². The predicted molar refractivity (Wildman–Crippen MR) is 106 cm³/mol. The number of anilines is 1. The molecule has 2 aliphatic heterocycles. The molecular formula is C20H28ClN3O2. The van der Waals surface area contributed by atoms with Crippen LogP contribution < -0.4 is 10.6 Å². The first-order valence-corrected chi connectivity index (χ1v) is 9.80. The van der Waals surface area contributed by atoms with Gasteiger partial charge in [0.05, 0.1) is 12.6 Å². The number of carbonyl (C=O) groups excluding carboxylic acids is 1. The number of ether oxygens (including phenoxy) is 1. The molecule has 1 saturated heterocycles. The molecule has 2 N–H and O–H groups in total. The molecule has 1 amide bonds. The standard InChI is InChI=1S/C20H28ClN3O2/c1-4-10-26-19(25)24-9-8-22-13-18(24)20(21)15(5-2)12-23-17-11-14(3)6-7-16(17)20/h6-7,11-12,18,22-23H,4-5,8-10,13H2,1-3H3. The van der Waals surface area contributed by atoms with Crippen LogP contribution in [0.15, 0.2) is 30.0 Å². The smallest absolute Gasteiger partial charge is 0.410 e. The van der Waals surface area contributed by atoms with Gasteiger partial charge in [-0.1, -0.05) is 26.0 Å². The number of nitrogens with zero attached hydrogens (tertiary/aromatic N) is 1. The van der Waals surface area contributed by atoms with E-state index in [4.69, 9.17) is 16.3 Å². The van der Waals surface area contributed by atoms with E-state index in [2.05, 4.69) is 42.7 Å². The Hall–Kier alpha value is -1.72. The molecular weight excluding hydrogens is 350 g/mol. The summed E-state index contributed by atoms with van der Waals surface area (Å²) in [4.78, 5) is 13.7. The summed E-state index contributed by atoms with van der Waals surface area (Å²) in [7, 11) is 0. The molecule has 0 aliphatic carbocycles. The summed E-state index contributed by atoms with van der Waals surface area (Å²) in [5.74, 6) is 0. The molecule has 0 radical (unpaired) electrons. The molecule has 1 aromatic rings. The van der Waals surface area contributed by atoms with Crippen molar-refractivity contribution in [1.29, 1.82) is 0 Å². The molecule has 0 spiro atoms. The highest BCUT2D eigenvalue weighted by atomic mass is 35.5. The van der Waals surface area contributed by atoms with Gasteiger partial charge in [0, 0.05) is 37.1 Å². The van der Waals surface area contributed by atoms with E-state index in [1.165, 1.54) is 5.56 Å². The van der Waals surface area contributed by atoms with E-state index < -0.39 is 4.87 Å². The Morgan fingerprint density at radius 2 is 2.23 bits per heavy atom. The van der Waals surface area contributed by atoms with Gasteiger partial charge in [-0.3, -0.25) is 0 Å². The highest BCUT2D eigenvalue weighted by Crippen LogP contribution is 2.49. The summed E-state index contributed by atoms with van der Waals surface area (Å²) < 4.78 is 5.44. The Balaban J connectivity index is 2.03. The molecule has 2 heterocycles. The molecule has 2 unspecified atom stereocenters. The van der Waals surface area contributed by atoms with Crippen LogP contribution in [-0.2, 0) is 9.61 Å². The van der Waals surface area contributed by atoms with Crippen LogP contribution in [0.1, 0.15) is 37.8 Å². The second-order valence-electron chi connectivity index (χ2n) is 6.96. The fourth-order valence-electron chi connectivity index (χ4n) is 3.84. The Labute approximate surface area is 160 Å². The highest BCUT2D eigenvalue weighted by Gasteiger charge is 2.49. The molecule has 1 fully saturated rings. The maximum atomic E-state index is 12.7. The van der Waals surface area contributed by atoms with Gasteiger partial charge < -0.3 is 20.3 Å². The number of nitrogens with one attached hydrogen (secondary N) is 2. The van der Waals surface area contributed by atoms with E-state index in [1.54, 1.807) is 4.90 Å². The number of fused-ring (bicyclic) bond motifs is 1. The maximum Gasteiger partial charge on any atom is 0.410 e. The summed E-state index contributed by atoms with van der Waals surface area (Å²) in [6, 6.07) is 6.05. The minimum absolute atomic E-state index is 0.211. The SMILES string of the molecule is CCCOC(=O)N1CCNCC1C1(Cl)C(CC)=CNc2cc(C)ccc21. The summed E-state index contributed by atoms with van der Waals surface area (Å²) >= 11 is 7.38. The molecule has 6 heteroatoms. The molecule has 0 aromatic heterocycles. The first-order valence-electron chi connectivity index (χ1n) is 9.42. The number of hydrogen-bond donors (Lipinski definition) is 2. The minimum atomic E-state index is -0.776. The first-order chi connectivity index (χ1) is 12.5. The molecule has 26 heavy (non-hydrogen) atoms. The summed E-state index contributed by atoms with van der Waals surface area (Å²) in [6.45, 7) is 8.55. The number of piperazine rings is 1. The maximum absolute atomic E-state index is 12.7. The van der Waals surface area contributed by atoms with Gasteiger partial charge >= 0.3 is 6.09 Å². The zero-order valence-corrected chi connectivity index (χ0v) is 16.5. The largest absolute Gasteiger partial charge is 0.449 e. The third-order valence-corrected chi connectivity index (χ3v) is 5.88. The van der Waals surface area contributed by atoms with Crippen LogP contribution in [0, 0.1) is 6.92 Å². The third-order valence-electron chi connectivity index (χ3n) is 5.18. The fourth-order valence-corrected chi connectivity index (χ4v) is 4.39. The normalized spacial score (nSPS) is 25.2. The van der Waals surface area contributed by atoms with Gasteiger partial charge in [0.15, 0.2) is 0 Å². The molecule has 0 bridgehead atoms. The second-order valence-corrected chi connectivity index (χ2v) is 7.55. The fraction of sp³-hybridized carbons (Fsp3) is 0.550. The zero-order valence-electron chi connectivity index (χ0n) is 15.8. The Kier molecular flexibility index (Phi) is 5.78. The average molecular weight is 378 g/mol. The van der Waals surface area contributed by atoms with Crippen molar-refractivity contribution in [3.05, 3.63) is 41.1 Å². The van der Waals surface area contributed by atoms with Crippen LogP contribution in [0.5, 0.6) is 0 Å². The lowest BCUT2D eigenvalue weighted by Crippen LogP contribution is -2.61. The molecule has 2 aliphatic rings. The molecule has 0 saturated carbocycles. The van der Waals surface area contributed by atoms with Crippen LogP contribution in [0.25, 0.3) is 0 Å². The van der Waals surface area contributed by atoms with Crippen molar-refractivity contribution >= 4 is 23.4 Å². The summed E-state index contributed by atoms with van der Waals surface area (Å²) in [5, 5.41) is 6.78. The second kappa shape index (κ2) is 7.89. The zero-order chi connectivity index (χ0) is 18.7.